The third-order valence-electron chi connectivity index (χ3n) is 2.86. The van der Waals surface area contributed by atoms with Crippen LogP contribution >= 0.6 is 11.6 Å². The van der Waals surface area contributed by atoms with Gasteiger partial charge in [0, 0.05) is 12.3 Å². The predicted octanol–water partition coefficient (Wildman–Crippen LogP) is 1.82. The Balaban J connectivity index is 2.18. The van der Waals surface area contributed by atoms with Gasteiger partial charge in [-0.3, -0.25) is 4.79 Å². The van der Waals surface area contributed by atoms with Crippen molar-refractivity contribution in [1.82, 2.24) is 5.32 Å². The first kappa shape index (κ1) is 12.8. The van der Waals surface area contributed by atoms with Crippen LogP contribution in [0.3, 0.4) is 0 Å². The molecule has 3 nitrogen and oxygen atoms in total. The van der Waals surface area contributed by atoms with Gasteiger partial charge >= 0.3 is 0 Å². The summed E-state index contributed by atoms with van der Waals surface area (Å²) in [7, 11) is 0. The van der Waals surface area contributed by atoms with Crippen LogP contribution in [0.2, 0.25) is 0 Å². The largest absolute Gasteiger partial charge is 0.391 e. The molecule has 0 saturated heterocycles. The zero-order valence-corrected chi connectivity index (χ0v) is 9.80. The second-order valence-corrected chi connectivity index (χ2v) is 4.55. The third-order valence-corrected chi connectivity index (χ3v) is 3.13. The number of aliphatic hydroxyl groups is 1. The van der Waals surface area contributed by atoms with E-state index in [0.29, 0.717) is 12.3 Å². The topological polar surface area (TPSA) is 49.3 Å². The van der Waals surface area contributed by atoms with Gasteiger partial charge in [0.15, 0.2) is 0 Å². The van der Waals surface area contributed by atoms with Crippen molar-refractivity contribution < 1.29 is 9.90 Å². The summed E-state index contributed by atoms with van der Waals surface area (Å²) < 4.78 is 0. The molecule has 0 aromatic rings. The zero-order chi connectivity index (χ0) is 11.1. The van der Waals surface area contributed by atoms with Gasteiger partial charge in [0.2, 0.25) is 5.91 Å². The van der Waals surface area contributed by atoms with Crippen LogP contribution in [0.15, 0.2) is 0 Å². The van der Waals surface area contributed by atoms with Crippen molar-refractivity contribution >= 4 is 17.5 Å². The minimum atomic E-state index is -0.351. The Morgan fingerprint density at radius 1 is 1.33 bits per heavy atom. The van der Waals surface area contributed by atoms with E-state index in [9.17, 15) is 9.90 Å². The number of rotatable bonds is 5. The second-order valence-electron chi connectivity index (χ2n) is 4.17. The van der Waals surface area contributed by atoms with E-state index in [-0.39, 0.29) is 18.1 Å². The van der Waals surface area contributed by atoms with E-state index in [2.05, 4.69) is 5.32 Å². The van der Waals surface area contributed by atoms with Crippen molar-refractivity contribution in [3.05, 3.63) is 0 Å². The number of aliphatic hydroxyl groups excluding tert-OH is 1. The molecule has 0 aliphatic heterocycles. The van der Waals surface area contributed by atoms with E-state index < -0.39 is 0 Å². The fraction of sp³-hybridized carbons (Fsp3) is 0.909. The second kappa shape index (κ2) is 7.07. The minimum absolute atomic E-state index is 0.0257. The summed E-state index contributed by atoms with van der Waals surface area (Å²) >= 11 is 5.53. The number of amides is 1. The summed E-state index contributed by atoms with van der Waals surface area (Å²) in [6.07, 6.45) is 5.77. The Hall–Kier alpha value is -0.280. The van der Waals surface area contributed by atoms with Crippen LogP contribution in [0.1, 0.15) is 44.9 Å². The molecule has 2 atom stereocenters. The molecule has 88 valence electrons. The molecule has 0 aromatic heterocycles. The first-order valence-electron chi connectivity index (χ1n) is 5.77. The van der Waals surface area contributed by atoms with Crippen molar-refractivity contribution in [2.75, 3.05) is 5.88 Å². The van der Waals surface area contributed by atoms with Crippen LogP contribution in [0.25, 0.3) is 0 Å². The van der Waals surface area contributed by atoms with Crippen LogP contribution in [-0.2, 0) is 4.79 Å². The van der Waals surface area contributed by atoms with Crippen molar-refractivity contribution in [3.8, 4) is 0 Å². The van der Waals surface area contributed by atoms with Crippen molar-refractivity contribution in [1.29, 1.82) is 0 Å². The fourth-order valence-electron chi connectivity index (χ4n) is 1.94. The Morgan fingerprint density at radius 3 is 2.73 bits per heavy atom. The molecule has 1 amide bonds. The molecule has 0 bridgehead atoms. The molecule has 2 N–H and O–H groups in total. The first-order chi connectivity index (χ1) is 7.24. The maximum atomic E-state index is 11.5. The Morgan fingerprint density at radius 2 is 2.07 bits per heavy atom. The number of hydrogen-bond acceptors (Lipinski definition) is 2. The molecule has 1 rings (SSSR count). The number of carbonyl (C=O) groups excluding carboxylic acids is 1. The lowest BCUT2D eigenvalue weighted by molar-refractivity contribution is -0.123. The van der Waals surface area contributed by atoms with Gasteiger partial charge in [-0.25, -0.2) is 0 Å². The molecule has 1 aliphatic rings. The van der Waals surface area contributed by atoms with E-state index in [4.69, 9.17) is 11.6 Å². The maximum Gasteiger partial charge on any atom is 0.220 e. The molecule has 0 heterocycles. The molecule has 0 unspecified atom stereocenters. The molecule has 4 heteroatoms. The van der Waals surface area contributed by atoms with Gasteiger partial charge in [-0.15, -0.1) is 11.6 Å². The van der Waals surface area contributed by atoms with E-state index in [1.807, 2.05) is 0 Å². The summed E-state index contributed by atoms with van der Waals surface area (Å²) in [5, 5.41) is 12.5. The third kappa shape index (κ3) is 4.85. The number of alkyl halides is 1. The number of carbonyl (C=O) groups is 1. The lowest BCUT2D eigenvalue weighted by atomic mass is 9.92. The van der Waals surface area contributed by atoms with Gasteiger partial charge in [-0.05, 0) is 25.7 Å². The number of halogens is 1. The van der Waals surface area contributed by atoms with Crippen molar-refractivity contribution in [2.45, 2.75) is 57.1 Å². The molecule has 1 fully saturated rings. The fourth-order valence-corrected chi connectivity index (χ4v) is 2.13. The monoisotopic (exact) mass is 233 g/mol. The molecule has 0 aromatic carbocycles. The molecule has 1 aliphatic carbocycles. The average Bonchev–Trinajstić information content (AvgIpc) is 2.22. The normalized spacial score (nSPS) is 26.3. The maximum absolute atomic E-state index is 11.5. The molecule has 0 radical (unpaired) electrons. The Bertz CT molecular complexity index is 199. The van der Waals surface area contributed by atoms with Crippen molar-refractivity contribution in [2.24, 2.45) is 0 Å². The van der Waals surface area contributed by atoms with Gasteiger partial charge < -0.3 is 10.4 Å². The molecule has 1 saturated carbocycles. The van der Waals surface area contributed by atoms with Crippen LogP contribution < -0.4 is 5.32 Å². The van der Waals surface area contributed by atoms with Gasteiger partial charge in [0.25, 0.3) is 0 Å². The van der Waals surface area contributed by atoms with Gasteiger partial charge in [0.05, 0.1) is 12.1 Å². The Kier molecular flexibility index (Phi) is 6.03. The van der Waals surface area contributed by atoms with E-state index in [1.54, 1.807) is 0 Å². The van der Waals surface area contributed by atoms with Crippen LogP contribution in [0.4, 0.5) is 0 Å². The molecular formula is C11H20ClNO2. The van der Waals surface area contributed by atoms with E-state index in [0.717, 1.165) is 38.5 Å². The summed E-state index contributed by atoms with van der Waals surface area (Å²) in [6, 6.07) is -0.0257. The smallest absolute Gasteiger partial charge is 0.220 e. The van der Waals surface area contributed by atoms with Crippen LogP contribution in [0, 0.1) is 0 Å². The molecular weight excluding hydrogens is 214 g/mol. The summed E-state index contributed by atoms with van der Waals surface area (Å²) in [5.74, 6) is 0.658. The summed E-state index contributed by atoms with van der Waals surface area (Å²) in [4.78, 5) is 11.5. The highest BCUT2D eigenvalue weighted by Gasteiger charge is 2.23. The van der Waals surface area contributed by atoms with Crippen LogP contribution in [0.5, 0.6) is 0 Å². The SMILES string of the molecule is O=C(CCCCCl)N[C@H]1CCCC[C@@H]1O. The predicted molar refractivity (Wildman–Crippen MR) is 61.0 cm³/mol. The molecule has 0 spiro atoms. The minimum Gasteiger partial charge on any atom is -0.391 e. The first-order valence-corrected chi connectivity index (χ1v) is 6.31. The number of nitrogens with one attached hydrogen (secondary N) is 1. The highest BCUT2D eigenvalue weighted by atomic mass is 35.5. The van der Waals surface area contributed by atoms with E-state index >= 15 is 0 Å². The lowest BCUT2D eigenvalue weighted by Crippen LogP contribution is -2.44. The summed E-state index contributed by atoms with van der Waals surface area (Å²) in [6.45, 7) is 0. The lowest BCUT2D eigenvalue weighted by Gasteiger charge is -2.28. The summed E-state index contributed by atoms with van der Waals surface area (Å²) in [5.41, 5.74) is 0. The van der Waals surface area contributed by atoms with Gasteiger partial charge in [0.1, 0.15) is 0 Å². The highest BCUT2D eigenvalue weighted by Crippen LogP contribution is 2.18. The quantitative estimate of drug-likeness (QED) is 0.562. The van der Waals surface area contributed by atoms with Gasteiger partial charge in [-0.2, -0.15) is 0 Å². The molecule has 15 heavy (non-hydrogen) atoms. The number of unbranched alkanes of at least 4 members (excludes halogenated alkanes) is 1. The average molecular weight is 234 g/mol. The highest BCUT2D eigenvalue weighted by molar-refractivity contribution is 6.17. The van der Waals surface area contributed by atoms with E-state index in [1.165, 1.54) is 0 Å². The Labute approximate surface area is 96.2 Å². The zero-order valence-electron chi connectivity index (χ0n) is 9.04. The van der Waals surface area contributed by atoms with Crippen LogP contribution in [-0.4, -0.2) is 29.0 Å². The van der Waals surface area contributed by atoms with Gasteiger partial charge in [-0.1, -0.05) is 12.8 Å². The number of hydrogen-bond donors (Lipinski definition) is 2. The standard InChI is InChI=1S/C11H20ClNO2/c12-8-4-3-7-11(15)13-9-5-1-2-6-10(9)14/h9-10,14H,1-8H2,(H,13,15)/t9-,10-/m0/s1. The van der Waals surface area contributed by atoms with Crippen molar-refractivity contribution in [3.63, 3.8) is 0 Å².